The van der Waals surface area contributed by atoms with Crippen LogP contribution in [0.3, 0.4) is 0 Å². The third kappa shape index (κ3) is 3.18. The SMILES string of the molecule is COc1cc(C)c2c(c1C)CC([C@H](C)C(=O)Nc1nccs1)CC2. The molecule has 3 rings (SSSR count). The van der Waals surface area contributed by atoms with Crippen molar-refractivity contribution in [2.75, 3.05) is 12.4 Å². The summed E-state index contributed by atoms with van der Waals surface area (Å²) in [6.07, 6.45) is 4.73. The Morgan fingerprint density at radius 1 is 1.42 bits per heavy atom. The van der Waals surface area contributed by atoms with Gasteiger partial charge in [-0.25, -0.2) is 4.98 Å². The molecule has 0 saturated carbocycles. The summed E-state index contributed by atoms with van der Waals surface area (Å²) in [6, 6.07) is 2.13. The predicted octanol–water partition coefficient (Wildman–Crippen LogP) is 4.15. The molecule has 1 unspecified atom stereocenters. The van der Waals surface area contributed by atoms with Gasteiger partial charge in [0.25, 0.3) is 0 Å². The lowest BCUT2D eigenvalue weighted by Gasteiger charge is -2.31. The first-order valence-corrected chi connectivity index (χ1v) is 9.25. The van der Waals surface area contributed by atoms with Crippen molar-refractivity contribution in [3.05, 3.63) is 39.9 Å². The van der Waals surface area contributed by atoms with Gasteiger partial charge in [0.2, 0.25) is 5.91 Å². The number of rotatable bonds is 4. The van der Waals surface area contributed by atoms with Crippen LogP contribution in [-0.4, -0.2) is 18.0 Å². The molecule has 0 fully saturated rings. The van der Waals surface area contributed by atoms with Crippen molar-refractivity contribution in [1.82, 2.24) is 4.98 Å². The number of methoxy groups -OCH3 is 1. The van der Waals surface area contributed by atoms with Gasteiger partial charge < -0.3 is 10.1 Å². The number of aromatic nitrogens is 1. The second-order valence-electron chi connectivity index (χ2n) is 6.60. The average Bonchev–Trinajstić information content (AvgIpc) is 3.09. The monoisotopic (exact) mass is 344 g/mol. The summed E-state index contributed by atoms with van der Waals surface area (Å²) in [5, 5.41) is 5.48. The lowest BCUT2D eigenvalue weighted by Crippen LogP contribution is -2.31. The molecule has 0 aliphatic heterocycles. The van der Waals surface area contributed by atoms with Crippen LogP contribution in [0.2, 0.25) is 0 Å². The fraction of sp³-hybridized carbons (Fsp3) is 0.474. The van der Waals surface area contributed by atoms with Gasteiger partial charge in [-0.1, -0.05) is 6.92 Å². The van der Waals surface area contributed by atoms with Gasteiger partial charge in [-0.2, -0.15) is 0 Å². The molecule has 1 amide bonds. The van der Waals surface area contributed by atoms with Crippen molar-refractivity contribution >= 4 is 22.4 Å². The molecular weight excluding hydrogens is 320 g/mol. The van der Waals surface area contributed by atoms with Crippen LogP contribution >= 0.6 is 11.3 Å². The van der Waals surface area contributed by atoms with E-state index in [1.807, 2.05) is 12.3 Å². The largest absolute Gasteiger partial charge is 0.496 e. The van der Waals surface area contributed by atoms with Crippen LogP contribution in [0.5, 0.6) is 5.75 Å². The Labute approximate surface area is 147 Å². The fourth-order valence-corrected chi connectivity index (χ4v) is 4.21. The highest BCUT2D eigenvalue weighted by atomic mass is 32.1. The molecule has 0 saturated heterocycles. The van der Waals surface area contributed by atoms with Gasteiger partial charge in [0.1, 0.15) is 5.75 Å². The number of benzene rings is 1. The minimum Gasteiger partial charge on any atom is -0.496 e. The average molecular weight is 344 g/mol. The number of ether oxygens (including phenoxy) is 1. The fourth-order valence-electron chi connectivity index (χ4n) is 3.68. The normalized spacial score (nSPS) is 17.9. The van der Waals surface area contributed by atoms with Crippen LogP contribution in [0.4, 0.5) is 5.13 Å². The third-order valence-corrected chi connectivity index (χ3v) is 5.93. The summed E-state index contributed by atoms with van der Waals surface area (Å²) < 4.78 is 5.52. The Morgan fingerprint density at radius 3 is 2.88 bits per heavy atom. The van der Waals surface area contributed by atoms with Gasteiger partial charge in [-0.05, 0) is 67.3 Å². The van der Waals surface area contributed by atoms with Crippen molar-refractivity contribution < 1.29 is 9.53 Å². The quantitative estimate of drug-likeness (QED) is 0.906. The molecule has 1 aromatic heterocycles. The highest BCUT2D eigenvalue weighted by Crippen LogP contribution is 2.37. The molecule has 0 radical (unpaired) electrons. The number of hydrogen-bond acceptors (Lipinski definition) is 4. The molecule has 5 heteroatoms. The predicted molar refractivity (Wildman–Crippen MR) is 97.9 cm³/mol. The molecule has 0 spiro atoms. The van der Waals surface area contributed by atoms with Crippen LogP contribution in [0.15, 0.2) is 17.6 Å². The maximum absolute atomic E-state index is 12.5. The van der Waals surface area contributed by atoms with E-state index in [-0.39, 0.29) is 11.8 Å². The molecular formula is C19H24N2O2S. The highest BCUT2D eigenvalue weighted by Gasteiger charge is 2.30. The maximum Gasteiger partial charge on any atom is 0.229 e. The van der Waals surface area contributed by atoms with Gasteiger partial charge in [-0.3, -0.25) is 4.79 Å². The number of thiazole rings is 1. The summed E-state index contributed by atoms with van der Waals surface area (Å²) in [6.45, 7) is 6.31. The van der Waals surface area contributed by atoms with E-state index in [1.165, 1.54) is 33.6 Å². The zero-order valence-corrected chi connectivity index (χ0v) is 15.5. The number of carbonyl (C=O) groups excluding carboxylic acids is 1. The summed E-state index contributed by atoms with van der Waals surface area (Å²) in [4.78, 5) is 16.7. The van der Waals surface area contributed by atoms with E-state index in [0.29, 0.717) is 11.0 Å². The van der Waals surface area contributed by atoms with E-state index in [0.717, 1.165) is 25.0 Å². The molecule has 128 valence electrons. The maximum atomic E-state index is 12.5. The minimum atomic E-state index is -0.0343. The molecule has 0 bridgehead atoms. The molecule has 1 aliphatic carbocycles. The molecule has 4 nitrogen and oxygen atoms in total. The van der Waals surface area contributed by atoms with Gasteiger partial charge in [-0.15, -0.1) is 11.3 Å². The zero-order chi connectivity index (χ0) is 17.3. The number of hydrogen-bond donors (Lipinski definition) is 1. The molecule has 1 heterocycles. The first kappa shape index (κ1) is 17.0. The standard InChI is InChI=1S/C19H24N2O2S/c1-11-9-17(23-4)13(3)16-10-14(5-6-15(11)16)12(2)18(22)21-19-20-7-8-24-19/h7-9,12,14H,5-6,10H2,1-4H3,(H,20,21,22)/t12-,14?/m0/s1. The van der Waals surface area contributed by atoms with Gasteiger partial charge in [0.15, 0.2) is 5.13 Å². The number of aryl methyl sites for hydroxylation is 1. The van der Waals surface area contributed by atoms with Gasteiger partial charge in [0.05, 0.1) is 7.11 Å². The second kappa shape index (κ2) is 6.93. The number of carbonyl (C=O) groups is 1. The van der Waals surface area contributed by atoms with Crippen LogP contribution in [0.25, 0.3) is 0 Å². The molecule has 24 heavy (non-hydrogen) atoms. The lowest BCUT2D eigenvalue weighted by molar-refractivity contribution is -0.121. The zero-order valence-electron chi connectivity index (χ0n) is 14.7. The molecule has 1 N–H and O–H groups in total. The van der Waals surface area contributed by atoms with Crippen LogP contribution in [-0.2, 0) is 17.6 Å². The highest BCUT2D eigenvalue weighted by molar-refractivity contribution is 7.13. The topological polar surface area (TPSA) is 51.2 Å². The van der Waals surface area contributed by atoms with E-state index >= 15 is 0 Å². The number of fused-ring (bicyclic) bond motifs is 1. The van der Waals surface area contributed by atoms with Crippen molar-refractivity contribution in [3.63, 3.8) is 0 Å². The lowest BCUT2D eigenvalue weighted by atomic mass is 9.75. The van der Waals surface area contributed by atoms with Crippen molar-refractivity contribution in [2.45, 2.75) is 40.0 Å². The molecule has 2 aromatic rings. The summed E-state index contributed by atoms with van der Waals surface area (Å²) in [7, 11) is 1.72. The van der Waals surface area contributed by atoms with E-state index in [2.05, 4.69) is 30.2 Å². The van der Waals surface area contributed by atoms with Crippen molar-refractivity contribution in [2.24, 2.45) is 11.8 Å². The Kier molecular flexibility index (Phi) is 4.90. The third-order valence-electron chi connectivity index (χ3n) is 5.24. The van der Waals surface area contributed by atoms with Crippen LogP contribution < -0.4 is 10.1 Å². The van der Waals surface area contributed by atoms with E-state index in [4.69, 9.17) is 4.74 Å². The first-order chi connectivity index (χ1) is 11.5. The van der Waals surface area contributed by atoms with E-state index in [9.17, 15) is 4.79 Å². The van der Waals surface area contributed by atoms with E-state index in [1.54, 1.807) is 13.3 Å². The number of amides is 1. The summed E-state index contributed by atoms with van der Waals surface area (Å²) in [5.41, 5.74) is 5.33. The number of anilines is 1. The Hall–Kier alpha value is -1.88. The van der Waals surface area contributed by atoms with E-state index < -0.39 is 0 Å². The second-order valence-corrected chi connectivity index (χ2v) is 7.49. The molecule has 1 aromatic carbocycles. The van der Waals surface area contributed by atoms with Crippen molar-refractivity contribution in [1.29, 1.82) is 0 Å². The minimum absolute atomic E-state index is 0.0343. The van der Waals surface area contributed by atoms with Gasteiger partial charge in [0, 0.05) is 17.5 Å². The summed E-state index contributed by atoms with van der Waals surface area (Å²) in [5.74, 6) is 1.33. The number of nitrogens with zero attached hydrogens (tertiary/aromatic N) is 1. The van der Waals surface area contributed by atoms with Crippen molar-refractivity contribution in [3.8, 4) is 5.75 Å². The van der Waals surface area contributed by atoms with Gasteiger partial charge >= 0.3 is 0 Å². The van der Waals surface area contributed by atoms with Crippen LogP contribution in [0.1, 0.15) is 35.6 Å². The number of nitrogens with one attached hydrogen (secondary N) is 1. The Morgan fingerprint density at radius 2 is 2.21 bits per heavy atom. The summed E-state index contributed by atoms with van der Waals surface area (Å²) >= 11 is 1.45. The van der Waals surface area contributed by atoms with Crippen LogP contribution in [0, 0.1) is 25.7 Å². The smallest absolute Gasteiger partial charge is 0.229 e. The first-order valence-electron chi connectivity index (χ1n) is 8.37. The Balaban J connectivity index is 1.79. The molecule has 2 atom stereocenters. The Bertz CT molecular complexity index is 740. The molecule has 1 aliphatic rings.